The average Bonchev–Trinajstić information content (AvgIpc) is 3.08. The fourth-order valence-corrected chi connectivity index (χ4v) is 4.90. The van der Waals surface area contributed by atoms with Gasteiger partial charge in [0.1, 0.15) is 0 Å². The van der Waals surface area contributed by atoms with Crippen molar-refractivity contribution in [2.24, 2.45) is 10.4 Å². The molecule has 0 bridgehead atoms. The normalized spacial score (nSPS) is 25.2. The van der Waals surface area contributed by atoms with Crippen molar-refractivity contribution in [3.05, 3.63) is 29.8 Å². The van der Waals surface area contributed by atoms with Gasteiger partial charge in [-0.05, 0) is 50.3 Å². The molecule has 0 radical (unpaired) electrons. The molecule has 2 saturated carbocycles. The van der Waals surface area contributed by atoms with Gasteiger partial charge in [-0.2, -0.15) is 0 Å². The van der Waals surface area contributed by atoms with E-state index in [4.69, 9.17) is 4.74 Å². The molecule has 6 nitrogen and oxygen atoms in total. The van der Waals surface area contributed by atoms with Crippen molar-refractivity contribution in [3.63, 3.8) is 0 Å². The molecule has 160 valence electrons. The van der Waals surface area contributed by atoms with Gasteiger partial charge >= 0.3 is 0 Å². The lowest BCUT2D eigenvalue weighted by molar-refractivity contribution is -0.168. The van der Waals surface area contributed by atoms with Crippen molar-refractivity contribution in [1.82, 2.24) is 10.6 Å². The fourth-order valence-electron chi connectivity index (χ4n) is 4.90. The topological polar surface area (TPSA) is 66.0 Å². The molecule has 3 fully saturated rings. The molecule has 29 heavy (non-hydrogen) atoms. The zero-order valence-electron chi connectivity index (χ0n) is 17.4. The summed E-state index contributed by atoms with van der Waals surface area (Å²) in [5.41, 5.74) is 2.49. The van der Waals surface area contributed by atoms with E-state index in [2.05, 4.69) is 34.7 Å². The minimum atomic E-state index is 0. The molecule has 1 heterocycles. The van der Waals surface area contributed by atoms with Crippen LogP contribution < -0.4 is 15.5 Å². The number of nitrogens with one attached hydrogen (secondary N) is 2. The van der Waals surface area contributed by atoms with E-state index in [0.717, 1.165) is 37.6 Å². The highest BCUT2D eigenvalue weighted by Gasteiger charge is 2.59. The Morgan fingerprint density at radius 2 is 2.03 bits per heavy atom. The number of hydrogen-bond donors (Lipinski definition) is 2. The first-order valence-electron chi connectivity index (χ1n) is 10.6. The second kappa shape index (κ2) is 9.64. The Morgan fingerprint density at radius 3 is 2.59 bits per heavy atom. The Morgan fingerprint density at radius 1 is 1.28 bits per heavy atom. The van der Waals surface area contributed by atoms with Gasteiger partial charge in [0, 0.05) is 50.3 Å². The highest BCUT2D eigenvalue weighted by atomic mass is 127. The van der Waals surface area contributed by atoms with Crippen LogP contribution in [0.5, 0.6) is 0 Å². The van der Waals surface area contributed by atoms with E-state index >= 15 is 0 Å². The Bertz CT molecular complexity index is 733. The molecule has 1 spiro atoms. The fraction of sp³-hybridized carbons (Fsp3) is 0.636. The summed E-state index contributed by atoms with van der Waals surface area (Å²) >= 11 is 0. The van der Waals surface area contributed by atoms with Crippen molar-refractivity contribution in [1.29, 1.82) is 0 Å². The van der Waals surface area contributed by atoms with Crippen molar-refractivity contribution in [2.45, 2.75) is 64.1 Å². The molecule has 2 unspecified atom stereocenters. The van der Waals surface area contributed by atoms with Gasteiger partial charge in [0.15, 0.2) is 5.96 Å². The minimum absolute atomic E-state index is 0. The summed E-state index contributed by atoms with van der Waals surface area (Å²) in [5.74, 6) is 1.08. The predicted octanol–water partition coefficient (Wildman–Crippen LogP) is 3.44. The number of nitrogens with zero attached hydrogens (tertiary/aromatic N) is 2. The van der Waals surface area contributed by atoms with Crippen molar-refractivity contribution >= 4 is 41.5 Å². The van der Waals surface area contributed by atoms with Crippen LogP contribution in [-0.2, 0) is 16.1 Å². The number of amides is 1. The zero-order chi connectivity index (χ0) is 19.6. The molecule has 1 aromatic rings. The van der Waals surface area contributed by atoms with Crippen LogP contribution in [0.1, 0.15) is 51.0 Å². The smallest absolute Gasteiger partial charge is 0.227 e. The molecule has 2 atom stereocenters. The lowest BCUT2D eigenvalue weighted by atomic mass is 9.51. The maximum atomic E-state index is 11.9. The number of halogens is 1. The highest BCUT2D eigenvalue weighted by molar-refractivity contribution is 14.0. The third-order valence-corrected chi connectivity index (χ3v) is 6.75. The van der Waals surface area contributed by atoms with E-state index < -0.39 is 0 Å². The van der Waals surface area contributed by atoms with E-state index in [1.807, 2.05) is 24.1 Å². The largest absolute Gasteiger partial charge is 0.378 e. The van der Waals surface area contributed by atoms with Crippen LogP contribution >= 0.6 is 24.0 Å². The Hall–Kier alpha value is -1.35. The number of benzene rings is 1. The van der Waals surface area contributed by atoms with Gasteiger partial charge in [0.25, 0.3) is 0 Å². The molecule has 0 aromatic heterocycles. The van der Waals surface area contributed by atoms with Crippen LogP contribution in [-0.4, -0.2) is 44.2 Å². The monoisotopic (exact) mass is 512 g/mol. The molecule has 7 heteroatoms. The molecular formula is C22H33IN4O2. The third kappa shape index (κ3) is 4.40. The Kier molecular flexibility index (Phi) is 7.42. The van der Waals surface area contributed by atoms with E-state index in [1.54, 1.807) is 0 Å². The van der Waals surface area contributed by atoms with Crippen LogP contribution in [0.4, 0.5) is 5.69 Å². The van der Waals surface area contributed by atoms with Gasteiger partial charge in [-0.3, -0.25) is 9.79 Å². The second-order valence-corrected chi connectivity index (χ2v) is 8.20. The van der Waals surface area contributed by atoms with E-state index in [-0.39, 0.29) is 29.9 Å². The summed E-state index contributed by atoms with van der Waals surface area (Å²) < 4.78 is 5.94. The first kappa shape index (κ1) is 22.3. The highest BCUT2D eigenvalue weighted by Crippen LogP contribution is 2.57. The zero-order valence-corrected chi connectivity index (χ0v) is 19.8. The van der Waals surface area contributed by atoms with Crippen molar-refractivity contribution in [2.75, 3.05) is 25.1 Å². The molecular weight excluding hydrogens is 479 g/mol. The average molecular weight is 512 g/mol. The predicted molar refractivity (Wildman–Crippen MR) is 127 cm³/mol. The summed E-state index contributed by atoms with van der Waals surface area (Å²) in [6.07, 6.45) is 6.90. The molecule has 1 aromatic carbocycles. The molecule has 1 aliphatic heterocycles. The standard InChI is InChI=1S/C22H32N4O2.HI/c1-3-28-19-14-18(22(19)11-5-12-22)25-21(23-2)24-15-16-7-9-17(10-8-16)26-13-4-6-20(26)27;/h7-10,18-19H,3-6,11-15H2,1-2H3,(H2,23,24,25);1H. The van der Waals surface area contributed by atoms with Crippen LogP contribution in [0, 0.1) is 5.41 Å². The number of guanidine groups is 1. The molecule has 3 aliphatic rings. The van der Waals surface area contributed by atoms with Gasteiger partial charge < -0.3 is 20.3 Å². The van der Waals surface area contributed by atoms with E-state index in [9.17, 15) is 4.79 Å². The van der Waals surface area contributed by atoms with Crippen molar-refractivity contribution in [3.8, 4) is 0 Å². The molecule has 4 rings (SSSR count). The van der Waals surface area contributed by atoms with Crippen LogP contribution in [0.15, 0.2) is 29.3 Å². The number of anilines is 1. The van der Waals surface area contributed by atoms with Crippen LogP contribution in [0.25, 0.3) is 0 Å². The molecule has 2 aliphatic carbocycles. The number of carbonyl (C=O) groups excluding carboxylic acids is 1. The number of hydrogen-bond acceptors (Lipinski definition) is 3. The summed E-state index contributed by atoms with van der Waals surface area (Å²) in [5, 5.41) is 7.06. The quantitative estimate of drug-likeness (QED) is 0.348. The van der Waals surface area contributed by atoms with Crippen LogP contribution in [0.3, 0.4) is 0 Å². The first-order valence-corrected chi connectivity index (χ1v) is 10.6. The molecule has 2 N–H and O–H groups in total. The maximum absolute atomic E-state index is 11.9. The summed E-state index contributed by atoms with van der Waals surface area (Å²) in [6.45, 7) is 4.42. The van der Waals surface area contributed by atoms with E-state index in [0.29, 0.717) is 30.5 Å². The van der Waals surface area contributed by atoms with E-state index in [1.165, 1.54) is 24.8 Å². The third-order valence-electron chi connectivity index (χ3n) is 6.75. The Labute approximate surface area is 190 Å². The number of aliphatic imine (C=N–C) groups is 1. The first-order chi connectivity index (χ1) is 13.7. The molecule has 1 saturated heterocycles. The summed E-state index contributed by atoms with van der Waals surface area (Å²) in [7, 11) is 1.82. The lowest BCUT2D eigenvalue weighted by Gasteiger charge is -2.61. The molecule has 1 amide bonds. The van der Waals surface area contributed by atoms with Gasteiger partial charge in [-0.1, -0.05) is 18.6 Å². The minimum Gasteiger partial charge on any atom is -0.378 e. The van der Waals surface area contributed by atoms with Gasteiger partial charge in [-0.25, -0.2) is 0 Å². The number of carbonyl (C=O) groups is 1. The summed E-state index contributed by atoms with van der Waals surface area (Å²) in [6, 6.07) is 8.70. The van der Waals surface area contributed by atoms with Gasteiger partial charge in [-0.15, -0.1) is 24.0 Å². The lowest BCUT2D eigenvalue weighted by Crippen LogP contribution is -2.68. The number of ether oxygens (including phenoxy) is 1. The second-order valence-electron chi connectivity index (χ2n) is 8.20. The van der Waals surface area contributed by atoms with Crippen LogP contribution in [0.2, 0.25) is 0 Å². The number of rotatable bonds is 6. The van der Waals surface area contributed by atoms with Gasteiger partial charge in [0.2, 0.25) is 5.91 Å². The maximum Gasteiger partial charge on any atom is 0.227 e. The van der Waals surface area contributed by atoms with Crippen molar-refractivity contribution < 1.29 is 9.53 Å². The Balaban J connectivity index is 0.00000240. The van der Waals surface area contributed by atoms with Gasteiger partial charge in [0.05, 0.1) is 6.10 Å². The summed E-state index contributed by atoms with van der Waals surface area (Å²) in [4.78, 5) is 18.2. The SMILES string of the molecule is CCOC1CC(NC(=NC)NCc2ccc(N3CCCC3=O)cc2)C12CCC2.I.